The van der Waals surface area contributed by atoms with E-state index in [2.05, 4.69) is 36.2 Å². The molecule has 2 amide bonds. The van der Waals surface area contributed by atoms with E-state index in [1.165, 1.54) is 0 Å². The Bertz CT molecular complexity index is 930. The number of carbonyl (C=O) groups is 1. The minimum Gasteiger partial charge on any atom is -0.335 e. The van der Waals surface area contributed by atoms with Gasteiger partial charge in [0.2, 0.25) is 0 Å². The van der Waals surface area contributed by atoms with Crippen molar-refractivity contribution >= 4 is 6.03 Å². The highest BCUT2D eigenvalue weighted by Crippen LogP contribution is 2.20. The molecule has 0 radical (unpaired) electrons. The van der Waals surface area contributed by atoms with Crippen molar-refractivity contribution in [3.05, 3.63) is 71.6 Å². The second kappa shape index (κ2) is 8.94. The van der Waals surface area contributed by atoms with E-state index in [0.717, 1.165) is 22.5 Å². The van der Waals surface area contributed by atoms with E-state index >= 15 is 0 Å². The van der Waals surface area contributed by atoms with Crippen molar-refractivity contribution < 1.29 is 4.79 Å². The number of aromatic nitrogens is 4. The highest BCUT2D eigenvalue weighted by molar-refractivity contribution is 5.74. The van der Waals surface area contributed by atoms with Gasteiger partial charge in [-0.2, -0.15) is 5.10 Å². The second-order valence-electron chi connectivity index (χ2n) is 7.72. The van der Waals surface area contributed by atoms with Gasteiger partial charge in [0.1, 0.15) is 0 Å². The van der Waals surface area contributed by atoms with Gasteiger partial charge in [0, 0.05) is 43.3 Å². The molecular formula is C22H30N6O. The molecule has 1 aromatic carbocycles. The topological polar surface area (TPSA) is 68.0 Å². The highest BCUT2D eigenvalue weighted by atomic mass is 16.2. The Balaban J connectivity index is 1.74. The third-order valence-corrected chi connectivity index (χ3v) is 5.16. The Kier molecular flexibility index (Phi) is 6.36. The van der Waals surface area contributed by atoms with Crippen molar-refractivity contribution in [3.8, 4) is 0 Å². The van der Waals surface area contributed by atoms with Crippen molar-refractivity contribution in [2.24, 2.45) is 0 Å². The summed E-state index contributed by atoms with van der Waals surface area (Å²) in [5, 5.41) is 7.80. The SMILES string of the molecule is Cc1nn(C(C)C)c(C)c1CN(C)C(=O)N[C@H](Cn1ccnc1)c1ccccc1. The van der Waals surface area contributed by atoms with Gasteiger partial charge >= 0.3 is 6.03 Å². The molecule has 7 nitrogen and oxygen atoms in total. The number of hydrogen-bond donors (Lipinski definition) is 1. The summed E-state index contributed by atoms with van der Waals surface area (Å²) in [5.41, 5.74) is 4.23. The lowest BCUT2D eigenvalue weighted by molar-refractivity contribution is 0.201. The van der Waals surface area contributed by atoms with Crippen LogP contribution in [0.25, 0.3) is 0 Å². The molecule has 7 heteroatoms. The Labute approximate surface area is 172 Å². The zero-order chi connectivity index (χ0) is 21.0. The van der Waals surface area contributed by atoms with Gasteiger partial charge in [0.25, 0.3) is 0 Å². The van der Waals surface area contributed by atoms with Gasteiger partial charge in [0.15, 0.2) is 0 Å². The number of carbonyl (C=O) groups excluding carboxylic acids is 1. The quantitative estimate of drug-likeness (QED) is 0.662. The largest absolute Gasteiger partial charge is 0.335 e. The molecule has 0 saturated heterocycles. The van der Waals surface area contributed by atoms with E-state index in [-0.39, 0.29) is 12.1 Å². The Morgan fingerprint density at radius 3 is 2.52 bits per heavy atom. The van der Waals surface area contributed by atoms with Crippen LogP contribution < -0.4 is 5.32 Å². The smallest absolute Gasteiger partial charge is 0.317 e. The van der Waals surface area contributed by atoms with Crippen molar-refractivity contribution in [1.29, 1.82) is 0 Å². The highest BCUT2D eigenvalue weighted by Gasteiger charge is 2.21. The van der Waals surface area contributed by atoms with E-state index in [1.807, 2.05) is 59.7 Å². The van der Waals surface area contributed by atoms with Crippen LogP contribution in [0, 0.1) is 13.8 Å². The Morgan fingerprint density at radius 2 is 1.93 bits per heavy atom. The van der Waals surface area contributed by atoms with Crippen LogP contribution in [0.5, 0.6) is 0 Å². The number of amides is 2. The molecule has 2 heterocycles. The molecule has 2 aromatic heterocycles. The van der Waals surface area contributed by atoms with Gasteiger partial charge in [-0.15, -0.1) is 0 Å². The summed E-state index contributed by atoms with van der Waals surface area (Å²) in [6.07, 6.45) is 5.41. The summed E-state index contributed by atoms with van der Waals surface area (Å²) in [6, 6.07) is 10.0. The first-order valence-electron chi connectivity index (χ1n) is 9.93. The standard InChI is InChI=1S/C22H30N6O/c1-16(2)28-18(4)20(17(3)25-28)13-26(5)22(29)24-21(14-27-12-11-23-15-27)19-9-7-6-8-10-19/h6-12,15-16,21H,13-14H2,1-5H3,(H,24,29)/t21-/m1/s1. The molecule has 1 atom stereocenters. The summed E-state index contributed by atoms with van der Waals surface area (Å²) < 4.78 is 3.99. The molecule has 0 spiro atoms. The minimum absolute atomic E-state index is 0.116. The van der Waals surface area contributed by atoms with E-state index in [0.29, 0.717) is 19.1 Å². The zero-order valence-electron chi connectivity index (χ0n) is 17.8. The molecule has 154 valence electrons. The van der Waals surface area contributed by atoms with Crippen molar-refractivity contribution in [2.75, 3.05) is 7.05 Å². The van der Waals surface area contributed by atoms with Gasteiger partial charge in [-0.3, -0.25) is 4.68 Å². The number of rotatable bonds is 7. The fraction of sp³-hybridized carbons (Fsp3) is 0.409. The van der Waals surface area contributed by atoms with Crippen LogP contribution >= 0.6 is 0 Å². The van der Waals surface area contributed by atoms with Crippen LogP contribution in [0.3, 0.4) is 0 Å². The molecule has 0 aliphatic rings. The van der Waals surface area contributed by atoms with Gasteiger partial charge < -0.3 is 14.8 Å². The maximum absolute atomic E-state index is 13.0. The molecule has 0 aliphatic carbocycles. The molecule has 29 heavy (non-hydrogen) atoms. The van der Waals surface area contributed by atoms with Crippen LogP contribution in [-0.4, -0.2) is 37.3 Å². The summed E-state index contributed by atoms with van der Waals surface area (Å²) in [6.45, 7) is 9.42. The second-order valence-corrected chi connectivity index (χ2v) is 7.72. The van der Waals surface area contributed by atoms with E-state index in [1.54, 1.807) is 17.4 Å². The van der Waals surface area contributed by atoms with Crippen LogP contribution in [0.15, 0.2) is 49.1 Å². The summed E-state index contributed by atoms with van der Waals surface area (Å²) in [4.78, 5) is 18.8. The third-order valence-electron chi connectivity index (χ3n) is 5.16. The molecule has 0 bridgehead atoms. The maximum Gasteiger partial charge on any atom is 0.317 e. The predicted molar refractivity (Wildman–Crippen MR) is 113 cm³/mol. The number of imidazole rings is 1. The molecular weight excluding hydrogens is 364 g/mol. The summed E-state index contributed by atoms with van der Waals surface area (Å²) in [5.74, 6) is 0. The van der Waals surface area contributed by atoms with E-state index in [9.17, 15) is 4.79 Å². The lowest BCUT2D eigenvalue weighted by Gasteiger charge is -2.24. The number of aryl methyl sites for hydroxylation is 1. The molecule has 3 aromatic rings. The van der Waals surface area contributed by atoms with Gasteiger partial charge in [-0.1, -0.05) is 30.3 Å². The van der Waals surface area contributed by atoms with E-state index in [4.69, 9.17) is 0 Å². The molecule has 1 N–H and O–H groups in total. The van der Waals surface area contributed by atoms with Gasteiger partial charge in [-0.05, 0) is 33.3 Å². The molecule has 0 unspecified atom stereocenters. The fourth-order valence-electron chi connectivity index (χ4n) is 3.52. The number of nitrogens with zero attached hydrogens (tertiary/aromatic N) is 5. The summed E-state index contributed by atoms with van der Waals surface area (Å²) in [7, 11) is 1.82. The van der Waals surface area contributed by atoms with Gasteiger partial charge in [-0.25, -0.2) is 9.78 Å². The first-order valence-corrected chi connectivity index (χ1v) is 9.93. The normalized spacial score (nSPS) is 12.2. The van der Waals surface area contributed by atoms with E-state index < -0.39 is 0 Å². The molecule has 0 fully saturated rings. The van der Waals surface area contributed by atoms with Gasteiger partial charge in [0.05, 0.1) is 24.6 Å². The van der Waals surface area contributed by atoms with Crippen molar-refractivity contribution in [3.63, 3.8) is 0 Å². The average molecular weight is 395 g/mol. The monoisotopic (exact) mass is 394 g/mol. The number of hydrogen-bond acceptors (Lipinski definition) is 3. The predicted octanol–water partition coefficient (Wildman–Crippen LogP) is 3.86. The Hall–Kier alpha value is -3.09. The first-order chi connectivity index (χ1) is 13.9. The van der Waals surface area contributed by atoms with Crippen LogP contribution in [0.4, 0.5) is 4.79 Å². The molecule has 0 saturated carbocycles. The van der Waals surface area contributed by atoms with Crippen LogP contribution in [-0.2, 0) is 13.1 Å². The van der Waals surface area contributed by atoms with Crippen molar-refractivity contribution in [1.82, 2.24) is 29.5 Å². The number of benzene rings is 1. The fourth-order valence-corrected chi connectivity index (χ4v) is 3.52. The lowest BCUT2D eigenvalue weighted by Crippen LogP contribution is -2.40. The average Bonchev–Trinajstić information content (AvgIpc) is 3.31. The minimum atomic E-state index is -0.152. The molecule has 3 rings (SSSR count). The maximum atomic E-state index is 13.0. The first kappa shape index (κ1) is 20.6. The zero-order valence-corrected chi connectivity index (χ0v) is 17.8. The molecule has 0 aliphatic heterocycles. The van der Waals surface area contributed by atoms with Crippen LogP contribution in [0.1, 0.15) is 48.4 Å². The third kappa shape index (κ3) is 4.85. The number of urea groups is 1. The lowest BCUT2D eigenvalue weighted by atomic mass is 10.1. The van der Waals surface area contributed by atoms with Crippen LogP contribution in [0.2, 0.25) is 0 Å². The summed E-state index contributed by atoms with van der Waals surface area (Å²) >= 11 is 0. The van der Waals surface area contributed by atoms with Crippen molar-refractivity contribution in [2.45, 2.75) is 52.9 Å². The Morgan fingerprint density at radius 1 is 1.21 bits per heavy atom. The number of nitrogens with one attached hydrogen (secondary N) is 1.